The predicted molar refractivity (Wildman–Crippen MR) is 119 cm³/mol. The molecule has 1 atom stereocenters. The van der Waals surface area contributed by atoms with Crippen LogP contribution in [0.5, 0.6) is 5.75 Å². The minimum absolute atomic E-state index is 0.0196. The van der Waals surface area contributed by atoms with Crippen LogP contribution >= 0.6 is 15.9 Å². The Balaban J connectivity index is 1.66. The van der Waals surface area contributed by atoms with Crippen LogP contribution in [-0.4, -0.2) is 35.9 Å². The van der Waals surface area contributed by atoms with Crippen molar-refractivity contribution in [2.45, 2.75) is 46.1 Å². The molecule has 3 rings (SSSR count). The molecule has 1 fully saturated rings. The zero-order valence-electron chi connectivity index (χ0n) is 17.1. The fraction of sp³-hybridized carbons (Fsp3) is 0.391. The van der Waals surface area contributed by atoms with Crippen molar-refractivity contribution in [2.75, 3.05) is 18.4 Å². The summed E-state index contributed by atoms with van der Waals surface area (Å²) in [4.78, 5) is 27.2. The first-order valence-corrected chi connectivity index (χ1v) is 10.8. The average Bonchev–Trinajstić information content (AvgIpc) is 2.70. The molecule has 2 amide bonds. The van der Waals surface area contributed by atoms with E-state index >= 15 is 0 Å². The maximum atomic E-state index is 12.7. The summed E-state index contributed by atoms with van der Waals surface area (Å²) in [6.07, 6.45) is 2.60. The maximum Gasteiger partial charge on any atom is 0.265 e. The number of ether oxygens (including phenoxy) is 1. The van der Waals surface area contributed by atoms with Gasteiger partial charge in [0.2, 0.25) is 0 Å². The van der Waals surface area contributed by atoms with Crippen molar-refractivity contribution in [1.82, 2.24) is 4.90 Å². The number of benzene rings is 2. The van der Waals surface area contributed by atoms with E-state index in [0.29, 0.717) is 17.0 Å². The summed E-state index contributed by atoms with van der Waals surface area (Å²) in [5.74, 6) is 0.477. The number of carbonyl (C=O) groups is 2. The molecule has 1 aliphatic heterocycles. The Kier molecular flexibility index (Phi) is 6.96. The van der Waals surface area contributed by atoms with Crippen LogP contribution in [-0.2, 0) is 4.79 Å². The third-order valence-corrected chi connectivity index (χ3v) is 5.57. The molecule has 0 bridgehead atoms. The van der Waals surface area contributed by atoms with Gasteiger partial charge in [0, 0.05) is 28.8 Å². The number of hydrogen-bond acceptors (Lipinski definition) is 3. The lowest BCUT2D eigenvalue weighted by Gasteiger charge is -2.26. The Morgan fingerprint density at radius 3 is 2.38 bits per heavy atom. The number of hydrogen-bond donors (Lipinski definition) is 1. The quantitative estimate of drug-likeness (QED) is 0.677. The van der Waals surface area contributed by atoms with Gasteiger partial charge in [-0.2, -0.15) is 0 Å². The second-order valence-electron chi connectivity index (χ2n) is 7.55. The lowest BCUT2D eigenvalue weighted by atomic mass is 10.1. The third-order valence-electron chi connectivity index (χ3n) is 5.11. The summed E-state index contributed by atoms with van der Waals surface area (Å²) < 4.78 is 6.91. The molecule has 1 saturated heterocycles. The maximum absolute atomic E-state index is 12.7. The summed E-state index contributed by atoms with van der Waals surface area (Å²) in [5, 5.41) is 2.87. The largest absolute Gasteiger partial charge is 0.480 e. The van der Waals surface area contributed by atoms with Crippen LogP contribution in [0.2, 0.25) is 0 Å². The first-order chi connectivity index (χ1) is 13.8. The number of carbonyl (C=O) groups excluding carboxylic acids is 2. The Morgan fingerprint density at radius 2 is 1.72 bits per heavy atom. The van der Waals surface area contributed by atoms with E-state index in [1.807, 2.05) is 30.9 Å². The number of halogens is 1. The standard InChI is InChI=1S/C23H27BrN2O3/c1-15-12-19(24)13-16(2)21(15)29-17(3)22(27)25-20-9-7-8-18(14-20)23(28)26-10-5-4-6-11-26/h7-9,12-14,17H,4-6,10-11H2,1-3H3,(H,25,27). The molecule has 29 heavy (non-hydrogen) atoms. The minimum Gasteiger partial charge on any atom is -0.480 e. The predicted octanol–water partition coefficient (Wildman–Crippen LogP) is 5.10. The zero-order chi connectivity index (χ0) is 21.0. The van der Waals surface area contributed by atoms with Crippen LogP contribution in [0, 0.1) is 13.8 Å². The Labute approximate surface area is 180 Å². The van der Waals surface area contributed by atoms with Gasteiger partial charge in [-0.15, -0.1) is 0 Å². The topological polar surface area (TPSA) is 58.6 Å². The third kappa shape index (κ3) is 5.38. The molecule has 1 unspecified atom stereocenters. The number of amides is 2. The van der Waals surface area contributed by atoms with Crippen LogP contribution in [0.25, 0.3) is 0 Å². The number of nitrogens with one attached hydrogen (secondary N) is 1. The number of nitrogens with zero attached hydrogens (tertiary/aromatic N) is 1. The lowest BCUT2D eigenvalue weighted by Crippen LogP contribution is -2.35. The van der Waals surface area contributed by atoms with Crippen molar-refractivity contribution in [3.8, 4) is 5.75 Å². The summed E-state index contributed by atoms with van der Waals surface area (Å²) in [6.45, 7) is 7.22. The fourth-order valence-electron chi connectivity index (χ4n) is 3.57. The van der Waals surface area contributed by atoms with Gasteiger partial charge in [-0.05, 0) is 81.5 Å². The van der Waals surface area contributed by atoms with Crippen LogP contribution in [0.4, 0.5) is 5.69 Å². The van der Waals surface area contributed by atoms with Crippen molar-refractivity contribution >= 4 is 33.4 Å². The number of anilines is 1. The van der Waals surface area contributed by atoms with E-state index < -0.39 is 6.10 Å². The van der Waals surface area contributed by atoms with Crippen molar-refractivity contribution in [1.29, 1.82) is 0 Å². The first kappa shape index (κ1) is 21.4. The molecular formula is C23H27BrN2O3. The van der Waals surface area contributed by atoms with E-state index in [0.717, 1.165) is 41.5 Å². The number of piperidine rings is 1. The Hall–Kier alpha value is -2.34. The lowest BCUT2D eigenvalue weighted by molar-refractivity contribution is -0.122. The van der Waals surface area contributed by atoms with Gasteiger partial charge in [0.25, 0.3) is 11.8 Å². The van der Waals surface area contributed by atoms with Gasteiger partial charge in [-0.3, -0.25) is 9.59 Å². The van der Waals surface area contributed by atoms with E-state index in [-0.39, 0.29) is 11.8 Å². The van der Waals surface area contributed by atoms with Gasteiger partial charge >= 0.3 is 0 Å². The van der Waals surface area contributed by atoms with Crippen molar-refractivity contribution < 1.29 is 14.3 Å². The summed E-state index contributed by atoms with van der Waals surface area (Å²) >= 11 is 3.47. The molecule has 5 nitrogen and oxygen atoms in total. The molecule has 1 N–H and O–H groups in total. The van der Waals surface area contributed by atoms with Crippen LogP contribution in [0.15, 0.2) is 40.9 Å². The van der Waals surface area contributed by atoms with E-state index in [2.05, 4.69) is 21.2 Å². The SMILES string of the molecule is Cc1cc(Br)cc(C)c1OC(C)C(=O)Nc1cccc(C(=O)N2CCCCC2)c1. The van der Waals surface area contributed by atoms with Crippen LogP contribution < -0.4 is 10.1 Å². The van der Waals surface area contributed by atoms with E-state index in [9.17, 15) is 9.59 Å². The molecule has 2 aromatic carbocycles. The van der Waals surface area contributed by atoms with Gasteiger partial charge < -0.3 is 15.0 Å². The molecule has 1 heterocycles. The average molecular weight is 459 g/mol. The molecule has 0 spiro atoms. The number of aryl methyl sites for hydroxylation is 2. The summed E-state index contributed by atoms with van der Waals surface area (Å²) in [7, 11) is 0. The molecule has 154 valence electrons. The normalized spacial score (nSPS) is 15.0. The van der Waals surface area contributed by atoms with Gasteiger partial charge in [0.15, 0.2) is 6.10 Å². The molecule has 0 aromatic heterocycles. The second-order valence-corrected chi connectivity index (χ2v) is 8.47. The van der Waals surface area contributed by atoms with Crippen molar-refractivity contribution in [2.24, 2.45) is 0 Å². The monoisotopic (exact) mass is 458 g/mol. The Bertz CT molecular complexity index is 884. The van der Waals surface area contributed by atoms with Crippen molar-refractivity contribution in [3.63, 3.8) is 0 Å². The highest BCUT2D eigenvalue weighted by Gasteiger charge is 2.20. The Morgan fingerprint density at radius 1 is 1.07 bits per heavy atom. The molecular weight excluding hydrogens is 432 g/mol. The second kappa shape index (κ2) is 9.44. The van der Waals surface area contributed by atoms with Crippen LogP contribution in [0.1, 0.15) is 47.7 Å². The molecule has 1 aliphatic rings. The van der Waals surface area contributed by atoms with Gasteiger partial charge in [0.1, 0.15) is 5.75 Å². The minimum atomic E-state index is -0.671. The highest BCUT2D eigenvalue weighted by atomic mass is 79.9. The smallest absolute Gasteiger partial charge is 0.265 e. The van der Waals surface area contributed by atoms with Gasteiger partial charge in [-0.1, -0.05) is 22.0 Å². The number of rotatable bonds is 5. The van der Waals surface area contributed by atoms with Crippen LogP contribution in [0.3, 0.4) is 0 Å². The summed E-state index contributed by atoms with van der Waals surface area (Å²) in [6, 6.07) is 11.0. The molecule has 0 radical (unpaired) electrons. The fourth-order valence-corrected chi connectivity index (χ4v) is 4.25. The van der Waals surface area contributed by atoms with E-state index in [1.54, 1.807) is 31.2 Å². The molecule has 2 aromatic rings. The highest BCUT2D eigenvalue weighted by Crippen LogP contribution is 2.28. The van der Waals surface area contributed by atoms with Gasteiger partial charge in [0.05, 0.1) is 0 Å². The molecule has 6 heteroatoms. The number of likely N-dealkylation sites (tertiary alicyclic amines) is 1. The van der Waals surface area contributed by atoms with E-state index in [4.69, 9.17) is 4.74 Å². The molecule has 0 aliphatic carbocycles. The van der Waals surface area contributed by atoms with E-state index in [1.165, 1.54) is 6.42 Å². The van der Waals surface area contributed by atoms with Crippen molar-refractivity contribution in [3.05, 3.63) is 57.6 Å². The van der Waals surface area contributed by atoms with Gasteiger partial charge in [-0.25, -0.2) is 0 Å². The zero-order valence-corrected chi connectivity index (χ0v) is 18.7. The molecule has 0 saturated carbocycles. The first-order valence-electron chi connectivity index (χ1n) is 9.99. The highest BCUT2D eigenvalue weighted by molar-refractivity contribution is 9.10. The summed E-state index contributed by atoms with van der Waals surface area (Å²) in [5.41, 5.74) is 3.12.